The molecule has 0 radical (unpaired) electrons. The van der Waals surface area contributed by atoms with E-state index in [9.17, 15) is 9.59 Å². The molecule has 9 heteroatoms. The molecule has 164 valence electrons. The number of nitrogens with one attached hydrogen (secondary N) is 1. The van der Waals surface area contributed by atoms with E-state index in [1.54, 1.807) is 31.4 Å². The Kier molecular flexibility index (Phi) is 6.23. The van der Waals surface area contributed by atoms with Gasteiger partial charge in [-0.05, 0) is 36.6 Å². The topological polar surface area (TPSA) is 104 Å². The Morgan fingerprint density at radius 1 is 1.22 bits per heavy atom. The van der Waals surface area contributed by atoms with E-state index in [0.29, 0.717) is 28.6 Å². The molecule has 0 fully saturated rings. The molecule has 0 aliphatic carbocycles. The van der Waals surface area contributed by atoms with Gasteiger partial charge in [0.1, 0.15) is 5.82 Å². The zero-order valence-corrected chi connectivity index (χ0v) is 18.3. The smallest absolute Gasteiger partial charge is 0.330 e. The fourth-order valence-corrected chi connectivity index (χ4v) is 3.85. The summed E-state index contributed by atoms with van der Waals surface area (Å²) < 4.78 is 0. The average Bonchev–Trinajstić information content (AvgIpc) is 2.79. The second-order valence-corrected chi connectivity index (χ2v) is 7.97. The Bertz CT molecular complexity index is 1150. The number of benzene rings is 2. The lowest BCUT2D eigenvalue weighted by molar-refractivity contribution is -0.116. The summed E-state index contributed by atoms with van der Waals surface area (Å²) in [7, 11) is 1.62. The number of carbonyl (C=O) groups excluding carboxylic acids is 2. The summed E-state index contributed by atoms with van der Waals surface area (Å²) in [6.45, 7) is 0.243. The molecule has 32 heavy (non-hydrogen) atoms. The van der Waals surface area contributed by atoms with Crippen LogP contribution in [0.4, 0.5) is 27.9 Å². The number of hydrogen-bond donors (Lipinski definition) is 2. The van der Waals surface area contributed by atoms with E-state index in [1.165, 1.54) is 15.4 Å². The third-order valence-electron chi connectivity index (χ3n) is 5.26. The molecule has 0 saturated carbocycles. The van der Waals surface area contributed by atoms with Crippen LogP contribution in [0.2, 0.25) is 5.02 Å². The fraction of sp³-hybridized carbons (Fsp3) is 0.217. The van der Waals surface area contributed by atoms with Gasteiger partial charge in [0.2, 0.25) is 11.9 Å². The molecular weight excluding hydrogens is 428 g/mol. The number of nitrogens with zero attached hydrogens (tertiary/aromatic N) is 4. The predicted molar refractivity (Wildman–Crippen MR) is 126 cm³/mol. The van der Waals surface area contributed by atoms with Crippen molar-refractivity contribution in [2.45, 2.75) is 25.8 Å². The summed E-state index contributed by atoms with van der Waals surface area (Å²) in [6, 6.07) is 14.8. The summed E-state index contributed by atoms with van der Waals surface area (Å²) in [6.07, 6.45) is 3.57. The molecule has 3 amide bonds. The van der Waals surface area contributed by atoms with E-state index in [2.05, 4.69) is 15.3 Å². The summed E-state index contributed by atoms with van der Waals surface area (Å²) in [4.78, 5) is 36.5. The zero-order valence-electron chi connectivity index (χ0n) is 17.6. The molecule has 8 nitrogen and oxygen atoms in total. The quantitative estimate of drug-likeness (QED) is 0.584. The molecule has 0 spiro atoms. The summed E-state index contributed by atoms with van der Waals surface area (Å²) >= 11 is 6.41. The van der Waals surface area contributed by atoms with E-state index in [4.69, 9.17) is 17.3 Å². The van der Waals surface area contributed by atoms with Crippen LogP contribution in [0.25, 0.3) is 0 Å². The van der Waals surface area contributed by atoms with Gasteiger partial charge >= 0.3 is 6.03 Å². The van der Waals surface area contributed by atoms with E-state index in [1.807, 2.05) is 30.3 Å². The van der Waals surface area contributed by atoms with Crippen molar-refractivity contribution >= 4 is 46.7 Å². The van der Waals surface area contributed by atoms with Gasteiger partial charge < -0.3 is 11.1 Å². The van der Waals surface area contributed by atoms with Gasteiger partial charge in [-0.3, -0.25) is 14.6 Å². The van der Waals surface area contributed by atoms with Crippen molar-refractivity contribution in [3.8, 4) is 0 Å². The van der Waals surface area contributed by atoms with Crippen LogP contribution >= 0.6 is 11.6 Å². The number of rotatable bonds is 6. The maximum Gasteiger partial charge on any atom is 0.330 e. The number of nitrogen functional groups attached to an aromatic ring is 1. The molecule has 0 bridgehead atoms. The number of aryl methyl sites for hydroxylation is 1. The lowest BCUT2D eigenvalue weighted by Gasteiger charge is -2.34. The molecule has 0 atom stereocenters. The second-order valence-electron chi connectivity index (χ2n) is 7.56. The number of aromatic nitrogens is 2. The molecular formula is C23H23ClN6O2. The molecule has 3 N–H and O–H groups in total. The van der Waals surface area contributed by atoms with Crippen molar-refractivity contribution in [3.63, 3.8) is 0 Å². The van der Waals surface area contributed by atoms with Gasteiger partial charge in [-0.15, -0.1) is 0 Å². The molecule has 1 aliphatic rings. The van der Waals surface area contributed by atoms with Crippen LogP contribution in [0.3, 0.4) is 0 Å². The first-order valence-corrected chi connectivity index (χ1v) is 10.6. The van der Waals surface area contributed by atoms with E-state index < -0.39 is 0 Å². The molecule has 1 aliphatic heterocycles. The first-order valence-electron chi connectivity index (χ1n) is 10.2. The highest BCUT2D eigenvalue weighted by Gasteiger charge is 2.31. The van der Waals surface area contributed by atoms with Gasteiger partial charge in [-0.25, -0.2) is 9.78 Å². The van der Waals surface area contributed by atoms with Gasteiger partial charge in [0.25, 0.3) is 0 Å². The van der Waals surface area contributed by atoms with Crippen LogP contribution in [-0.4, -0.2) is 29.0 Å². The maximum atomic E-state index is 13.0. The van der Waals surface area contributed by atoms with Crippen LogP contribution in [0.15, 0.2) is 54.7 Å². The Labute approximate surface area is 191 Å². The van der Waals surface area contributed by atoms with E-state index in [-0.39, 0.29) is 24.4 Å². The van der Waals surface area contributed by atoms with Crippen molar-refractivity contribution in [2.75, 3.05) is 27.9 Å². The highest BCUT2D eigenvalue weighted by atomic mass is 35.5. The Balaban J connectivity index is 1.46. The minimum absolute atomic E-state index is 0.0921. The predicted octanol–water partition coefficient (Wildman–Crippen LogP) is 4.25. The van der Waals surface area contributed by atoms with E-state index >= 15 is 0 Å². The Morgan fingerprint density at radius 2 is 2.00 bits per heavy atom. The van der Waals surface area contributed by atoms with Crippen molar-refractivity contribution in [3.05, 3.63) is 70.9 Å². The van der Waals surface area contributed by atoms with Gasteiger partial charge in [0.15, 0.2) is 0 Å². The van der Waals surface area contributed by atoms with Crippen LogP contribution in [0, 0.1) is 0 Å². The number of carbonyl (C=O) groups is 2. The largest absolute Gasteiger partial charge is 0.368 e. The number of hydrogen-bond acceptors (Lipinski definition) is 5. The SMILES string of the molecule is CN1C(=O)N(c2cc(NC(=O)CCCc3ccccc3)ccc2Cl)Cc2cnc(N)nc21. The first-order chi connectivity index (χ1) is 15.4. The van der Waals surface area contributed by atoms with Crippen LogP contribution in [0.5, 0.6) is 0 Å². The number of fused-ring (bicyclic) bond motifs is 1. The van der Waals surface area contributed by atoms with Crippen LogP contribution in [0.1, 0.15) is 24.0 Å². The highest BCUT2D eigenvalue weighted by Crippen LogP contribution is 2.35. The number of nitrogens with two attached hydrogens (primary N) is 1. The third-order valence-corrected chi connectivity index (χ3v) is 5.58. The van der Waals surface area contributed by atoms with Crippen molar-refractivity contribution in [1.82, 2.24) is 9.97 Å². The van der Waals surface area contributed by atoms with Gasteiger partial charge in [0, 0.05) is 30.9 Å². The summed E-state index contributed by atoms with van der Waals surface area (Å²) in [5.74, 6) is 0.482. The first kappa shape index (κ1) is 21.6. The normalized spacial score (nSPS) is 13.1. The molecule has 3 aromatic rings. The summed E-state index contributed by atoms with van der Waals surface area (Å²) in [5, 5.41) is 3.29. The van der Waals surface area contributed by atoms with Crippen molar-refractivity contribution in [1.29, 1.82) is 0 Å². The maximum absolute atomic E-state index is 13.0. The Morgan fingerprint density at radius 3 is 2.78 bits per heavy atom. The lowest BCUT2D eigenvalue weighted by atomic mass is 10.1. The third kappa shape index (κ3) is 4.65. The second kappa shape index (κ2) is 9.23. The Hall–Kier alpha value is -3.65. The molecule has 1 aromatic heterocycles. The number of anilines is 4. The monoisotopic (exact) mass is 450 g/mol. The molecule has 2 aromatic carbocycles. The zero-order chi connectivity index (χ0) is 22.7. The van der Waals surface area contributed by atoms with E-state index in [0.717, 1.165) is 18.4 Å². The standard InChI is InChI=1S/C23H23ClN6O2/c1-29-21-16(13-26-22(25)28-21)14-30(23(29)32)19-12-17(10-11-18(19)24)27-20(31)9-5-8-15-6-3-2-4-7-15/h2-4,6-7,10-13H,5,8-9,14H2,1H3,(H,27,31)(H2,25,26,28). The molecule has 2 heterocycles. The van der Waals surface area contributed by atoms with Crippen molar-refractivity contribution < 1.29 is 9.59 Å². The van der Waals surface area contributed by atoms with Crippen molar-refractivity contribution in [2.24, 2.45) is 0 Å². The molecule has 4 rings (SSSR count). The average molecular weight is 451 g/mol. The minimum atomic E-state index is -0.302. The fourth-order valence-electron chi connectivity index (χ4n) is 3.63. The number of urea groups is 1. The minimum Gasteiger partial charge on any atom is -0.368 e. The molecule has 0 unspecified atom stereocenters. The number of amides is 3. The van der Waals surface area contributed by atoms with Crippen LogP contribution < -0.4 is 20.9 Å². The van der Waals surface area contributed by atoms with Crippen LogP contribution in [-0.2, 0) is 17.8 Å². The summed E-state index contributed by atoms with van der Waals surface area (Å²) in [5.41, 5.74) is 8.67. The highest BCUT2D eigenvalue weighted by molar-refractivity contribution is 6.34. The lowest BCUT2D eigenvalue weighted by Crippen LogP contribution is -2.46. The van der Waals surface area contributed by atoms with Gasteiger partial charge in [0.05, 0.1) is 17.3 Å². The number of halogens is 1. The van der Waals surface area contributed by atoms with Gasteiger partial charge in [-0.2, -0.15) is 4.98 Å². The van der Waals surface area contributed by atoms with Gasteiger partial charge in [-0.1, -0.05) is 41.9 Å². The molecule has 0 saturated heterocycles.